The van der Waals surface area contributed by atoms with Gasteiger partial charge in [0.25, 0.3) is 0 Å². The second-order valence-corrected chi connectivity index (χ2v) is 5.72. The van der Waals surface area contributed by atoms with Gasteiger partial charge in [0.2, 0.25) is 0 Å². The first-order valence-corrected chi connectivity index (χ1v) is 7.26. The summed E-state index contributed by atoms with van der Waals surface area (Å²) in [7, 11) is 2.18. The summed E-state index contributed by atoms with van der Waals surface area (Å²) in [6.45, 7) is 4.50. The molecule has 1 aromatic carbocycles. The molecule has 1 heterocycles. The number of nitrogens with one attached hydrogen (secondary N) is 1. The van der Waals surface area contributed by atoms with Gasteiger partial charge in [-0.1, -0.05) is 29.8 Å². The molecular weight excluding hydrogens is 244 g/mol. The number of benzene rings is 1. The van der Waals surface area contributed by atoms with Gasteiger partial charge in [0.05, 0.1) is 0 Å². The average Bonchev–Trinajstić information content (AvgIpc) is 2.40. The van der Waals surface area contributed by atoms with Crippen molar-refractivity contribution in [2.75, 3.05) is 26.7 Å². The second kappa shape index (κ2) is 7.13. The number of rotatable bonds is 5. The van der Waals surface area contributed by atoms with Gasteiger partial charge in [0.15, 0.2) is 0 Å². The van der Waals surface area contributed by atoms with Gasteiger partial charge in [-0.15, -0.1) is 0 Å². The van der Waals surface area contributed by atoms with Crippen LogP contribution in [0.15, 0.2) is 24.3 Å². The molecule has 0 aliphatic carbocycles. The van der Waals surface area contributed by atoms with E-state index in [0.29, 0.717) is 0 Å². The molecule has 1 N–H and O–H groups in total. The molecular formula is C15H23ClN2. The lowest BCUT2D eigenvalue weighted by molar-refractivity contribution is 0.266. The Morgan fingerprint density at radius 3 is 2.72 bits per heavy atom. The normalized spacial score (nSPS) is 17.3. The summed E-state index contributed by atoms with van der Waals surface area (Å²) >= 11 is 6.18. The number of piperidine rings is 1. The van der Waals surface area contributed by atoms with Crippen LogP contribution in [0.5, 0.6) is 0 Å². The predicted octanol–water partition coefficient (Wildman–Crippen LogP) is 3.16. The molecule has 1 aliphatic heterocycles. The van der Waals surface area contributed by atoms with Gasteiger partial charge in [-0.25, -0.2) is 0 Å². The highest BCUT2D eigenvalue weighted by atomic mass is 35.5. The van der Waals surface area contributed by atoms with Crippen molar-refractivity contribution in [1.82, 2.24) is 10.2 Å². The average molecular weight is 267 g/mol. The second-order valence-electron chi connectivity index (χ2n) is 5.31. The van der Waals surface area contributed by atoms with Crippen LogP contribution < -0.4 is 5.32 Å². The Bertz CT molecular complexity index is 361. The van der Waals surface area contributed by atoms with Gasteiger partial charge in [0.1, 0.15) is 0 Å². The molecule has 1 fully saturated rings. The van der Waals surface area contributed by atoms with Crippen LogP contribution in [0, 0.1) is 5.92 Å². The molecule has 0 atom stereocenters. The third-order valence-corrected chi connectivity index (χ3v) is 4.14. The summed E-state index contributed by atoms with van der Waals surface area (Å²) < 4.78 is 0. The maximum absolute atomic E-state index is 6.18. The van der Waals surface area contributed by atoms with Crippen LogP contribution in [0.25, 0.3) is 0 Å². The minimum Gasteiger partial charge on any atom is -0.317 e. The zero-order valence-corrected chi connectivity index (χ0v) is 11.9. The van der Waals surface area contributed by atoms with E-state index in [9.17, 15) is 0 Å². The smallest absolute Gasteiger partial charge is 0.0451 e. The van der Waals surface area contributed by atoms with Crippen molar-refractivity contribution < 1.29 is 0 Å². The molecule has 0 spiro atoms. The molecule has 3 heteroatoms. The molecule has 0 aromatic heterocycles. The first kappa shape index (κ1) is 13.9. The van der Waals surface area contributed by atoms with Crippen molar-refractivity contribution in [2.45, 2.75) is 25.8 Å². The molecule has 1 aromatic rings. The molecule has 0 radical (unpaired) electrons. The number of hydrogen-bond acceptors (Lipinski definition) is 2. The van der Waals surface area contributed by atoms with E-state index in [1.54, 1.807) is 0 Å². The molecule has 100 valence electrons. The zero-order valence-electron chi connectivity index (χ0n) is 11.2. The Kier molecular flexibility index (Phi) is 5.48. The van der Waals surface area contributed by atoms with Crippen LogP contribution in [0.1, 0.15) is 24.8 Å². The van der Waals surface area contributed by atoms with E-state index < -0.39 is 0 Å². The van der Waals surface area contributed by atoms with Crippen molar-refractivity contribution in [3.8, 4) is 0 Å². The molecule has 0 amide bonds. The minimum absolute atomic E-state index is 0.881. The quantitative estimate of drug-likeness (QED) is 0.881. The Morgan fingerprint density at radius 1 is 1.28 bits per heavy atom. The topological polar surface area (TPSA) is 15.3 Å². The van der Waals surface area contributed by atoms with E-state index in [1.807, 2.05) is 12.1 Å². The minimum atomic E-state index is 0.881. The van der Waals surface area contributed by atoms with Gasteiger partial charge in [-0.3, -0.25) is 0 Å². The molecule has 0 bridgehead atoms. The van der Waals surface area contributed by atoms with Gasteiger partial charge in [-0.05, 0) is 63.5 Å². The van der Waals surface area contributed by atoms with Crippen molar-refractivity contribution in [1.29, 1.82) is 0 Å². The largest absolute Gasteiger partial charge is 0.317 e. The van der Waals surface area contributed by atoms with Gasteiger partial charge >= 0.3 is 0 Å². The third-order valence-electron chi connectivity index (χ3n) is 3.78. The summed E-state index contributed by atoms with van der Waals surface area (Å²) in [4.78, 5) is 2.38. The third kappa shape index (κ3) is 4.27. The first-order chi connectivity index (χ1) is 8.75. The van der Waals surface area contributed by atoms with Gasteiger partial charge in [-0.2, -0.15) is 0 Å². The van der Waals surface area contributed by atoms with Crippen LogP contribution >= 0.6 is 11.6 Å². The van der Waals surface area contributed by atoms with Gasteiger partial charge < -0.3 is 10.2 Å². The first-order valence-electron chi connectivity index (χ1n) is 6.88. The number of halogens is 1. The van der Waals surface area contributed by atoms with Crippen molar-refractivity contribution in [3.63, 3.8) is 0 Å². The van der Waals surface area contributed by atoms with Crippen molar-refractivity contribution in [3.05, 3.63) is 34.9 Å². The summed E-state index contributed by atoms with van der Waals surface area (Å²) in [6, 6.07) is 8.13. The zero-order chi connectivity index (χ0) is 12.8. The highest BCUT2D eigenvalue weighted by molar-refractivity contribution is 6.31. The van der Waals surface area contributed by atoms with E-state index in [0.717, 1.165) is 24.0 Å². The Morgan fingerprint density at radius 2 is 2.00 bits per heavy atom. The highest BCUT2D eigenvalue weighted by Crippen LogP contribution is 2.19. The maximum atomic E-state index is 6.18. The van der Waals surface area contributed by atoms with Crippen LogP contribution in [0.4, 0.5) is 0 Å². The van der Waals surface area contributed by atoms with Crippen molar-refractivity contribution in [2.24, 2.45) is 5.92 Å². The van der Waals surface area contributed by atoms with E-state index in [1.165, 1.54) is 37.9 Å². The maximum Gasteiger partial charge on any atom is 0.0451 e. The van der Waals surface area contributed by atoms with Gasteiger partial charge in [0, 0.05) is 11.6 Å². The molecule has 2 nitrogen and oxygen atoms in total. The Labute approximate surface area is 115 Å². The Balaban J connectivity index is 1.74. The van der Waals surface area contributed by atoms with Crippen LogP contribution in [0.2, 0.25) is 5.02 Å². The van der Waals surface area contributed by atoms with E-state index in [2.05, 4.69) is 29.4 Å². The monoisotopic (exact) mass is 266 g/mol. The lowest BCUT2D eigenvalue weighted by Gasteiger charge is -2.25. The molecule has 0 unspecified atom stereocenters. The number of nitrogens with zero attached hydrogens (tertiary/aromatic N) is 1. The van der Waals surface area contributed by atoms with Crippen LogP contribution in [-0.2, 0) is 6.54 Å². The highest BCUT2D eigenvalue weighted by Gasteiger charge is 2.13. The van der Waals surface area contributed by atoms with Crippen LogP contribution in [0.3, 0.4) is 0 Å². The lowest BCUT2D eigenvalue weighted by Crippen LogP contribution is -2.30. The summed E-state index contributed by atoms with van der Waals surface area (Å²) in [5, 5.41) is 4.30. The molecule has 18 heavy (non-hydrogen) atoms. The fraction of sp³-hybridized carbons (Fsp3) is 0.600. The van der Waals surface area contributed by atoms with E-state index >= 15 is 0 Å². The molecule has 0 saturated carbocycles. The molecule has 1 aliphatic rings. The van der Waals surface area contributed by atoms with Crippen LogP contribution in [-0.4, -0.2) is 31.6 Å². The fourth-order valence-electron chi connectivity index (χ4n) is 2.57. The predicted molar refractivity (Wildman–Crippen MR) is 78.0 cm³/mol. The van der Waals surface area contributed by atoms with E-state index in [4.69, 9.17) is 11.6 Å². The molecule has 2 rings (SSSR count). The summed E-state index contributed by atoms with van der Waals surface area (Å²) in [5.74, 6) is 0.903. The Hall–Kier alpha value is -0.570. The fourth-order valence-corrected chi connectivity index (χ4v) is 2.77. The summed E-state index contributed by atoms with van der Waals surface area (Å²) in [6.07, 6.45) is 3.97. The SMILES string of the molecule is CN(CCC1CCNCC1)Cc1ccccc1Cl. The number of hydrogen-bond donors (Lipinski definition) is 1. The summed E-state index contributed by atoms with van der Waals surface area (Å²) in [5.41, 5.74) is 1.23. The van der Waals surface area contributed by atoms with Crippen molar-refractivity contribution >= 4 is 11.6 Å². The molecule has 1 saturated heterocycles. The lowest BCUT2D eigenvalue weighted by atomic mass is 9.94. The standard InChI is InChI=1S/C15H23ClN2/c1-18(11-8-13-6-9-17-10-7-13)12-14-4-2-3-5-15(14)16/h2-5,13,17H,6-12H2,1H3. The van der Waals surface area contributed by atoms with E-state index in [-0.39, 0.29) is 0 Å².